The highest BCUT2D eigenvalue weighted by Crippen LogP contribution is 2.07. The maximum absolute atomic E-state index is 11.6. The second-order valence-corrected chi connectivity index (χ2v) is 5.46. The van der Waals surface area contributed by atoms with E-state index in [9.17, 15) is 4.79 Å². The molecule has 0 saturated carbocycles. The molecule has 0 fully saturated rings. The second-order valence-electron chi connectivity index (χ2n) is 5.46. The first-order valence-electron chi connectivity index (χ1n) is 8.48. The van der Waals surface area contributed by atoms with Crippen LogP contribution in [0.2, 0.25) is 0 Å². The van der Waals surface area contributed by atoms with Crippen molar-refractivity contribution in [2.45, 2.75) is 64.7 Å². The summed E-state index contributed by atoms with van der Waals surface area (Å²) in [5.41, 5.74) is 1.01. The molecular formula is C20H28O2. The van der Waals surface area contributed by atoms with Crippen LogP contribution in [0.5, 0.6) is 0 Å². The first-order valence-corrected chi connectivity index (χ1v) is 8.48. The largest absolute Gasteiger partial charge is 0.465 e. The van der Waals surface area contributed by atoms with Gasteiger partial charge in [0, 0.05) is 12.8 Å². The summed E-state index contributed by atoms with van der Waals surface area (Å²) in [7, 11) is 0. The van der Waals surface area contributed by atoms with Crippen molar-refractivity contribution in [2.24, 2.45) is 0 Å². The van der Waals surface area contributed by atoms with Crippen LogP contribution in [-0.4, -0.2) is 12.6 Å². The van der Waals surface area contributed by atoms with E-state index in [4.69, 9.17) is 4.74 Å². The van der Waals surface area contributed by atoms with E-state index >= 15 is 0 Å². The third kappa shape index (κ3) is 10.0. The lowest BCUT2D eigenvalue weighted by atomic mass is 10.1. The number of carbonyl (C=O) groups excluding carboxylic acids is 1. The zero-order chi connectivity index (χ0) is 15.9. The molecule has 120 valence electrons. The molecular weight excluding hydrogens is 272 g/mol. The monoisotopic (exact) mass is 300 g/mol. The van der Waals surface area contributed by atoms with Gasteiger partial charge < -0.3 is 4.74 Å². The van der Waals surface area contributed by atoms with E-state index in [-0.39, 0.29) is 5.97 Å². The Kier molecular flexibility index (Phi) is 10.8. The van der Waals surface area contributed by atoms with E-state index in [0.29, 0.717) is 13.0 Å². The molecule has 2 heteroatoms. The van der Waals surface area contributed by atoms with E-state index in [1.165, 1.54) is 25.7 Å². The fourth-order valence-corrected chi connectivity index (χ4v) is 2.24. The fraction of sp³-hybridized carbons (Fsp3) is 0.550. The molecule has 2 nitrogen and oxygen atoms in total. The Morgan fingerprint density at radius 1 is 0.955 bits per heavy atom. The molecule has 0 aliphatic carbocycles. The van der Waals surface area contributed by atoms with Crippen molar-refractivity contribution in [3.05, 3.63) is 35.9 Å². The number of benzene rings is 1. The van der Waals surface area contributed by atoms with Gasteiger partial charge in [0.05, 0.1) is 13.0 Å². The maximum atomic E-state index is 11.6. The summed E-state index contributed by atoms with van der Waals surface area (Å²) in [4.78, 5) is 11.6. The summed E-state index contributed by atoms with van der Waals surface area (Å²) in [5, 5.41) is 0. The second kappa shape index (κ2) is 13.0. The molecule has 0 amide bonds. The van der Waals surface area contributed by atoms with Crippen LogP contribution in [0, 0.1) is 11.8 Å². The molecule has 0 saturated heterocycles. The molecule has 0 radical (unpaired) electrons. The maximum Gasteiger partial charge on any atom is 0.310 e. The van der Waals surface area contributed by atoms with Gasteiger partial charge in [0.2, 0.25) is 0 Å². The highest BCUT2D eigenvalue weighted by atomic mass is 16.5. The van der Waals surface area contributed by atoms with Crippen molar-refractivity contribution in [3.8, 4) is 11.8 Å². The van der Waals surface area contributed by atoms with Crippen LogP contribution in [0.3, 0.4) is 0 Å². The van der Waals surface area contributed by atoms with E-state index in [1.54, 1.807) is 0 Å². The Bertz CT molecular complexity index is 454. The zero-order valence-corrected chi connectivity index (χ0v) is 13.8. The average molecular weight is 300 g/mol. The SMILES string of the molecule is CCC#CCCCCCCCCOC(=O)Cc1ccccc1. The van der Waals surface area contributed by atoms with Crippen molar-refractivity contribution in [3.63, 3.8) is 0 Å². The predicted molar refractivity (Wildman–Crippen MR) is 91.5 cm³/mol. The van der Waals surface area contributed by atoms with Crippen molar-refractivity contribution in [2.75, 3.05) is 6.61 Å². The molecule has 22 heavy (non-hydrogen) atoms. The Morgan fingerprint density at radius 3 is 2.36 bits per heavy atom. The molecule has 0 bridgehead atoms. The third-order valence-corrected chi connectivity index (χ3v) is 3.45. The van der Waals surface area contributed by atoms with Gasteiger partial charge in [0.1, 0.15) is 0 Å². The highest BCUT2D eigenvalue weighted by Gasteiger charge is 2.03. The van der Waals surface area contributed by atoms with Gasteiger partial charge in [-0.1, -0.05) is 62.9 Å². The van der Waals surface area contributed by atoms with Gasteiger partial charge in [-0.3, -0.25) is 4.79 Å². The van der Waals surface area contributed by atoms with Gasteiger partial charge >= 0.3 is 5.97 Å². The van der Waals surface area contributed by atoms with Gasteiger partial charge in [-0.05, 0) is 18.4 Å². The Balaban J connectivity index is 1.90. The Hall–Kier alpha value is -1.75. The molecule has 1 aromatic carbocycles. The summed E-state index contributed by atoms with van der Waals surface area (Å²) in [6.45, 7) is 2.63. The molecule has 0 unspecified atom stereocenters. The average Bonchev–Trinajstić information content (AvgIpc) is 2.53. The summed E-state index contributed by atoms with van der Waals surface area (Å²) in [5.74, 6) is 6.14. The standard InChI is InChI=1S/C20H28O2/c1-2-3-4-5-6-7-8-9-10-14-17-22-20(21)18-19-15-12-11-13-16-19/h11-13,15-16H,2,5-10,14,17-18H2,1H3. The Labute approximate surface area is 135 Å². The first-order chi connectivity index (χ1) is 10.8. The third-order valence-electron chi connectivity index (χ3n) is 3.45. The van der Waals surface area contributed by atoms with Crippen molar-refractivity contribution in [1.82, 2.24) is 0 Å². The van der Waals surface area contributed by atoms with E-state index < -0.39 is 0 Å². The molecule has 0 aliphatic heterocycles. The fourth-order valence-electron chi connectivity index (χ4n) is 2.24. The van der Waals surface area contributed by atoms with Crippen LogP contribution in [-0.2, 0) is 16.0 Å². The molecule has 0 spiro atoms. The first kappa shape index (κ1) is 18.3. The molecule has 0 atom stereocenters. The Morgan fingerprint density at radius 2 is 1.64 bits per heavy atom. The minimum atomic E-state index is -0.124. The van der Waals surface area contributed by atoms with Crippen LogP contribution in [0.25, 0.3) is 0 Å². The number of carbonyl (C=O) groups is 1. The lowest BCUT2D eigenvalue weighted by molar-refractivity contribution is -0.142. The number of rotatable bonds is 10. The molecule has 0 aromatic heterocycles. The lowest BCUT2D eigenvalue weighted by Crippen LogP contribution is -2.08. The molecule has 1 rings (SSSR count). The van der Waals surface area contributed by atoms with Crippen LogP contribution in [0.4, 0.5) is 0 Å². The summed E-state index contributed by atoms with van der Waals surface area (Å²) < 4.78 is 5.26. The van der Waals surface area contributed by atoms with Crippen LogP contribution in [0.1, 0.15) is 63.9 Å². The molecule has 1 aromatic rings. The number of unbranched alkanes of at least 4 members (excludes halogenated alkanes) is 6. The summed E-state index contributed by atoms with van der Waals surface area (Å²) in [6.07, 6.45) is 9.41. The normalized spacial score (nSPS) is 9.86. The number of esters is 1. The number of hydrogen-bond acceptors (Lipinski definition) is 2. The smallest absolute Gasteiger partial charge is 0.310 e. The minimum absolute atomic E-state index is 0.124. The predicted octanol–water partition coefficient (Wildman–Crippen LogP) is 4.92. The van der Waals surface area contributed by atoms with Gasteiger partial charge in [0.15, 0.2) is 0 Å². The topological polar surface area (TPSA) is 26.3 Å². The van der Waals surface area contributed by atoms with Crippen molar-refractivity contribution >= 4 is 5.97 Å². The van der Waals surface area contributed by atoms with Crippen LogP contribution >= 0.6 is 0 Å². The quantitative estimate of drug-likeness (QED) is 0.348. The van der Waals surface area contributed by atoms with Crippen molar-refractivity contribution in [1.29, 1.82) is 0 Å². The molecule has 0 heterocycles. The van der Waals surface area contributed by atoms with Gasteiger partial charge in [-0.15, -0.1) is 11.8 Å². The van der Waals surface area contributed by atoms with Gasteiger partial charge in [-0.2, -0.15) is 0 Å². The van der Waals surface area contributed by atoms with E-state index in [1.807, 2.05) is 30.3 Å². The van der Waals surface area contributed by atoms with Crippen molar-refractivity contribution < 1.29 is 9.53 Å². The van der Waals surface area contributed by atoms with Gasteiger partial charge in [-0.25, -0.2) is 0 Å². The lowest BCUT2D eigenvalue weighted by Gasteiger charge is -2.05. The van der Waals surface area contributed by atoms with Crippen LogP contribution in [0.15, 0.2) is 30.3 Å². The number of hydrogen-bond donors (Lipinski definition) is 0. The molecule has 0 aliphatic rings. The number of ether oxygens (including phenoxy) is 1. The van der Waals surface area contributed by atoms with E-state index in [2.05, 4.69) is 18.8 Å². The van der Waals surface area contributed by atoms with Crippen LogP contribution < -0.4 is 0 Å². The summed E-state index contributed by atoms with van der Waals surface area (Å²) >= 11 is 0. The van der Waals surface area contributed by atoms with Gasteiger partial charge in [0.25, 0.3) is 0 Å². The summed E-state index contributed by atoms with van der Waals surface area (Å²) in [6, 6.07) is 9.73. The highest BCUT2D eigenvalue weighted by molar-refractivity contribution is 5.72. The van der Waals surface area contributed by atoms with E-state index in [0.717, 1.165) is 31.2 Å². The zero-order valence-electron chi connectivity index (χ0n) is 13.8. The minimum Gasteiger partial charge on any atom is -0.465 e. The molecule has 0 N–H and O–H groups in total.